The number of sulfone groups is 1. The molecule has 0 saturated carbocycles. The lowest BCUT2D eigenvalue weighted by molar-refractivity contribution is 0.163. The van der Waals surface area contributed by atoms with Crippen molar-refractivity contribution in [2.24, 2.45) is 0 Å². The smallest absolute Gasteiger partial charge is 0.207 e. The number of nitrogens with one attached hydrogen (secondary N) is 1. The van der Waals surface area contributed by atoms with Crippen LogP contribution in [0.15, 0.2) is 41.6 Å². The molecule has 1 atom stereocenters. The second-order valence-electron chi connectivity index (χ2n) is 4.88. The van der Waals surface area contributed by atoms with Gasteiger partial charge in [0.15, 0.2) is 9.84 Å². The molecular weight excluding hydrogens is 290 g/mol. The fourth-order valence-corrected chi connectivity index (χ4v) is 2.63. The van der Waals surface area contributed by atoms with Crippen molar-refractivity contribution in [2.75, 3.05) is 25.3 Å². The van der Waals surface area contributed by atoms with Crippen LogP contribution in [-0.2, 0) is 14.6 Å². The molecular formula is C14H19N3O3S. The van der Waals surface area contributed by atoms with Crippen molar-refractivity contribution in [1.29, 1.82) is 0 Å². The summed E-state index contributed by atoms with van der Waals surface area (Å²) in [5, 5.41) is 3.17. The van der Waals surface area contributed by atoms with E-state index in [4.69, 9.17) is 4.74 Å². The Bertz CT molecular complexity index is 693. The summed E-state index contributed by atoms with van der Waals surface area (Å²) in [5.41, 5.74) is 0.777. The van der Waals surface area contributed by atoms with E-state index >= 15 is 0 Å². The molecule has 0 aliphatic rings. The minimum Gasteiger partial charge on any atom is -0.383 e. The van der Waals surface area contributed by atoms with E-state index in [0.717, 1.165) is 5.69 Å². The quantitative estimate of drug-likeness (QED) is 0.886. The van der Waals surface area contributed by atoms with E-state index in [1.807, 2.05) is 17.7 Å². The highest BCUT2D eigenvalue weighted by atomic mass is 32.2. The molecule has 0 spiro atoms. The number of aromatic nitrogens is 2. The maximum absolute atomic E-state index is 11.4. The molecule has 6 nitrogen and oxygen atoms in total. The van der Waals surface area contributed by atoms with Gasteiger partial charge in [0.25, 0.3) is 0 Å². The topological polar surface area (TPSA) is 73.2 Å². The molecule has 1 aromatic heterocycles. The van der Waals surface area contributed by atoms with Crippen LogP contribution >= 0.6 is 0 Å². The lowest BCUT2D eigenvalue weighted by Gasteiger charge is -2.16. The Kier molecular flexibility index (Phi) is 4.64. The van der Waals surface area contributed by atoms with Crippen LogP contribution in [0.3, 0.4) is 0 Å². The molecule has 0 saturated heterocycles. The number of hydrogen-bond donors (Lipinski definition) is 1. The van der Waals surface area contributed by atoms with Gasteiger partial charge in [0.05, 0.1) is 17.5 Å². The second kappa shape index (κ2) is 6.28. The SMILES string of the molecule is COCC(C)n1ccnc1Nc1ccc(S(C)(=O)=O)cc1. The van der Waals surface area contributed by atoms with Gasteiger partial charge in [-0.2, -0.15) is 0 Å². The molecule has 0 aliphatic heterocycles. The third-order valence-electron chi connectivity index (χ3n) is 3.09. The average Bonchev–Trinajstić information content (AvgIpc) is 2.87. The van der Waals surface area contributed by atoms with Gasteiger partial charge in [-0.3, -0.25) is 0 Å². The third kappa shape index (κ3) is 3.83. The first-order valence-electron chi connectivity index (χ1n) is 6.50. The standard InChI is InChI=1S/C14H19N3O3S/c1-11(10-20-2)17-9-8-15-14(17)16-12-4-6-13(7-5-12)21(3,18)19/h4-9,11H,10H2,1-3H3,(H,15,16). The molecule has 1 aromatic carbocycles. The maximum atomic E-state index is 11.4. The summed E-state index contributed by atoms with van der Waals surface area (Å²) >= 11 is 0. The van der Waals surface area contributed by atoms with E-state index in [9.17, 15) is 8.42 Å². The molecule has 2 rings (SSSR count). The Balaban J connectivity index is 2.18. The summed E-state index contributed by atoms with van der Waals surface area (Å²) in [6.45, 7) is 2.61. The summed E-state index contributed by atoms with van der Waals surface area (Å²) in [6.07, 6.45) is 4.77. The Labute approximate surface area is 124 Å². The van der Waals surface area contributed by atoms with Gasteiger partial charge in [-0.1, -0.05) is 0 Å². The zero-order chi connectivity index (χ0) is 15.5. The monoisotopic (exact) mass is 309 g/mol. The Hall–Kier alpha value is -1.86. The molecule has 21 heavy (non-hydrogen) atoms. The molecule has 2 aromatic rings. The van der Waals surface area contributed by atoms with E-state index in [-0.39, 0.29) is 6.04 Å². The molecule has 0 amide bonds. The number of benzene rings is 1. The highest BCUT2D eigenvalue weighted by Crippen LogP contribution is 2.20. The van der Waals surface area contributed by atoms with Crippen LogP contribution in [0.5, 0.6) is 0 Å². The second-order valence-corrected chi connectivity index (χ2v) is 6.90. The van der Waals surface area contributed by atoms with Crippen molar-refractivity contribution < 1.29 is 13.2 Å². The first-order chi connectivity index (χ1) is 9.91. The number of hydrogen-bond acceptors (Lipinski definition) is 5. The van der Waals surface area contributed by atoms with Crippen molar-refractivity contribution >= 4 is 21.5 Å². The average molecular weight is 309 g/mol. The predicted octanol–water partition coefficient (Wildman–Crippen LogP) is 2.24. The number of nitrogens with zero attached hydrogens (tertiary/aromatic N) is 2. The van der Waals surface area contributed by atoms with Gasteiger partial charge in [-0.05, 0) is 31.2 Å². The molecule has 1 unspecified atom stereocenters. The number of anilines is 2. The van der Waals surface area contributed by atoms with Crippen molar-refractivity contribution in [1.82, 2.24) is 9.55 Å². The summed E-state index contributed by atoms with van der Waals surface area (Å²) in [7, 11) is -1.52. The van der Waals surface area contributed by atoms with Gasteiger partial charge in [0.1, 0.15) is 0 Å². The lowest BCUT2D eigenvalue weighted by Crippen LogP contribution is -2.12. The van der Waals surface area contributed by atoms with Crippen LogP contribution in [0.4, 0.5) is 11.6 Å². The van der Waals surface area contributed by atoms with Crippen molar-refractivity contribution in [3.05, 3.63) is 36.7 Å². The van der Waals surface area contributed by atoms with E-state index in [0.29, 0.717) is 17.5 Å². The minimum absolute atomic E-state index is 0.148. The fraction of sp³-hybridized carbons (Fsp3) is 0.357. The molecule has 114 valence electrons. The fourth-order valence-electron chi connectivity index (χ4n) is 2.00. The minimum atomic E-state index is -3.18. The van der Waals surface area contributed by atoms with Gasteiger partial charge < -0.3 is 14.6 Å². The van der Waals surface area contributed by atoms with Gasteiger partial charge >= 0.3 is 0 Å². The van der Waals surface area contributed by atoms with Crippen molar-refractivity contribution in [2.45, 2.75) is 17.9 Å². The van der Waals surface area contributed by atoms with Gasteiger partial charge in [0, 0.05) is 31.4 Å². The molecule has 7 heteroatoms. The summed E-state index contributed by atoms with van der Waals surface area (Å²) in [5.74, 6) is 0.687. The number of rotatable bonds is 6. The van der Waals surface area contributed by atoms with E-state index in [1.54, 1.807) is 37.6 Å². The molecule has 0 bridgehead atoms. The summed E-state index contributed by atoms with van der Waals surface area (Å²) < 4.78 is 30.0. The predicted molar refractivity (Wildman–Crippen MR) is 81.6 cm³/mol. The highest BCUT2D eigenvalue weighted by molar-refractivity contribution is 7.90. The highest BCUT2D eigenvalue weighted by Gasteiger charge is 2.11. The largest absolute Gasteiger partial charge is 0.383 e. The van der Waals surface area contributed by atoms with Crippen LogP contribution in [0.1, 0.15) is 13.0 Å². The Morgan fingerprint density at radius 3 is 2.57 bits per heavy atom. The summed E-state index contributed by atoms with van der Waals surface area (Å²) in [6, 6.07) is 6.73. The van der Waals surface area contributed by atoms with Crippen LogP contribution in [0.25, 0.3) is 0 Å². The maximum Gasteiger partial charge on any atom is 0.207 e. The van der Waals surface area contributed by atoms with Crippen LogP contribution in [-0.4, -0.2) is 37.9 Å². The number of ether oxygens (including phenoxy) is 1. The molecule has 0 aliphatic carbocycles. The summed E-state index contributed by atoms with van der Waals surface area (Å²) in [4.78, 5) is 4.56. The van der Waals surface area contributed by atoms with Crippen LogP contribution < -0.4 is 5.32 Å². The normalized spacial score (nSPS) is 13.1. The van der Waals surface area contributed by atoms with E-state index in [1.165, 1.54) is 6.26 Å². The van der Waals surface area contributed by atoms with E-state index < -0.39 is 9.84 Å². The molecule has 1 N–H and O–H groups in total. The third-order valence-corrected chi connectivity index (χ3v) is 4.22. The Morgan fingerprint density at radius 2 is 2.00 bits per heavy atom. The number of methoxy groups -OCH3 is 1. The van der Waals surface area contributed by atoms with Gasteiger partial charge in [-0.15, -0.1) is 0 Å². The number of imidazole rings is 1. The van der Waals surface area contributed by atoms with Crippen molar-refractivity contribution in [3.8, 4) is 0 Å². The van der Waals surface area contributed by atoms with Crippen molar-refractivity contribution in [3.63, 3.8) is 0 Å². The molecule has 1 heterocycles. The van der Waals surface area contributed by atoms with Crippen LogP contribution in [0, 0.1) is 0 Å². The lowest BCUT2D eigenvalue weighted by atomic mass is 10.3. The Morgan fingerprint density at radius 1 is 1.33 bits per heavy atom. The molecule has 0 radical (unpaired) electrons. The zero-order valence-corrected chi connectivity index (χ0v) is 13.1. The van der Waals surface area contributed by atoms with E-state index in [2.05, 4.69) is 10.3 Å². The van der Waals surface area contributed by atoms with Gasteiger partial charge in [0.2, 0.25) is 5.95 Å². The van der Waals surface area contributed by atoms with Crippen LogP contribution in [0.2, 0.25) is 0 Å². The zero-order valence-electron chi connectivity index (χ0n) is 12.3. The first kappa shape index (κ1) is 15.5. The molecule has 0 fully saturated rings. The van der Waals surface area contributed by atoms with Gasteiger partial charge in [-0.25, -0.2) is 13.4 Å². The first-order valence-corrected chi connectivity index (χ1v) is 8.40.